The van der Waals surface area contributed by atoms with Crippen LogP contribution in [0.4, 0.5) is 4.79 Å². The van der Waals surface area contributed by atoms with Crippen molar-refractivity contribution in [3.8, 4) is 5.75 Å². The summed E-state index contributed by atoms with van der Waals surface area (Å²) in [5, 5.41) is 33.2. The monoisotopic (exact) mass is 665 g/mol. The number of carbonyl (C=O) groups excluding carboxylic acids is 2. The average Bonchev–Trinajstić information content (AvgIpc) is 3.09. The Balaban J connectivity index is 1.85. The molecule has 3 aromatic carbocycles. The standard InChI is InChI=1S/C36H47N3O9/c1-2-3-10-21-37-35(42)33(22-28-16-19-31(20-17-28)48-32(25-46-44)26-47-45)38-36(43)39(24-29-13-8-5-9-14-29)30(23-34(40)41)18-15-27-11-6-4-7-12-27/h4-9,11-14,16-17,19-20,30,32-33,44-45H,2-3,10,15,18,21-26H2,1H3,(H,37,42)(H,38,43)(H,40,41). The normalized spacial score (nSPS) is 12.2. The second kappa shape index (κ2) is 21.4. The first-order chi connectivity index (χ1) is 23.3. The van der Waals surface area contributed by atoms with Crippen molar-refractivity contribution in [2.45, 2.75) is 76.6 Å². The highest BCUT2D eigenvalue weighted by Gasteiger charge is 2.30. The number of ether oxygens (including phenoxy) is 1. The highest BCUT2D eigenvalue weighted by molar-refractivity contribution is 5.87. The van der Waals surface area contributed by atoms with Gasteiger partial charge in [0.05, 0.1) is 6.42 Å². The summed E-state index contributed by atoms with van der Waals surface area (Å²) in [6, 6.07) is 23.7. The third-order valence-electron chi connectivity index (χ3n) is 7.80. The van der Waals surface area contributed by atoms with Crippen LogP contribution < -0.4 is 15.4 Å². The number of nitrogens with zero attached hydrogens (tertiary/aromatic N) is 1. The van der Waals surface area contributed by atoms with Crippen LogP contribution >= 0.6 is 0 Å². The van der Waals surface area contributed by atoms with Gasteiger partial charge in [0, 0.05) is 25.6 Å². The fourth-order valence-corrected chi connectivity index (χ4v) is 5.26. The molecule has 12 heteroatoms. The largest absolute Gasteiger partial charge is 0.485 e. The number of hydrogen-bond acceptors (Lipinski definition) is 8. The maximum absolute atomic E-state index is 14.1. The molecule has 0 aliphatic rings. The summed E-state index contributed by atoms with van der Waals surface area (Å²) in [5.41, 5.74) is 2.59. The first kappa shape index (κ1) is 38.0. The van der Waals surface area contributed by atoms with Crippen molar-refractivity contribution < 1.29 is 44.5 Å². The number of nitrogens with one attached hydrogen (secondary N) is 2. The topological polar surface area (TPSA) is 167 Å². The van der Waals surface area contributed by atoms with Crippen molar-refractivity contribution in [1.29, 1.82) is 0 Å². The Morgan fingerprint density at radius 1 is 0.812 bits per heavy atom. The fourth-order valence-electron chi connectivity index (χ4n) is 5.26. The van der Waals surface area contributed by atoms with Crippen LogP contribution in [0.2, 0.25) is 0 Å². The van der Waals surface area contributed by atoms with Crippen LogP contribution in [0, 0.1) is 0 Å². The molecule has 5 N–H and O–H groups in total. The van der Waals surface area contributed by atoms with E-state index < -0.39 is 30.2 Å². The minimum absolute atomic E-state index is 0.154. The Bertz CT molecular complexity index is 1350. The van der Waals surface area contributed by atoms with Gasteiger partial charge in [-0.1, -0.05) is 92.6 Å². The predicted molar refractivity (Wildman–Crippen MR) is 179 cm³/mol. The quantitative estimate of drug-likeness (QED) is 0.0542. The van der Waals surface area contributed by atoms with Gasteiger partial charge >= 0.3 is 12.0 Å². The number of benzene rings is 3. The molecule has 260 valence electrons. The van der Waals surface area contributed by atoms with E-state index in [1.807, 2.05) is 60.7 Å². The molecule has 2 atom stereocenters. The van der Waals surface area contributed by atoms with Crippen LogP contribution in [0.25, 0.3) is 0 Å². The maximum atomic E-state index is 14.1. The summed E-state index contributed by atoms with van der Waals surface area (Å²) < 4.78 is 5.67. The van der Waals surface area contributed by atoms with E-state index >= 15 is 0 Å². The average molecular weight is 666 g/mol. The van der Waals surface area contributed by atoms with Crippen LogP contribution in [0.15, 0.2) is 84.9 Å². The number of carboxylic acids is 1. The number of hydrogen-bond donors (Lipinski definition) is 5. The fraction of sp³-hybridized carbons (Fsp3) is 0.417. The van der Waals surface area contributed by atoms with Gasteiger partial charge in [-0.25, -0.2) is 14.6 Å². The minimum atomic E-state index is -1.02. The number of aryl methyl sites for hydroxylation is 1. The van der Waals surface area contributed by atoms with Crippen LogP contribution in [-0.4, -0.2) is 76.4 Å². The van der Waals surface area contributed by atoms with Gasteiger partial charge < -0.3 is 25.4 Å². The van der Waals surface area contributed by atoms with E-state index in [9.17, 15) is 19.5 Å². The molecule has 12 nitrogen and oxygen atoms in total. The number of aliphatic carboxylic acids is 1. The third kappa shape index (κ3) is 13.7. The lowest BCUT2D eigenvalue weighted by Crippen LogP contribution is -2.54. The summed E-state index contributed by atoms with van der Waals surface area (Å²) in [6.07, 6.45) is 2.84. The van der Waals surface area contributed by atoms with E-state index in [0.29, 0.717) is 25.1 Å². The van der Waals surface area contributed by atoms with Crippen LogP contribution in [0.1, 0.15) is 55.7 Å². The predicted octanol–water partition coefficient (Wildman–Crippen LogP) is 5.32. The molecule has 0 saturated carbocycles. The Kier molecular flexibility index (Phi) is 16.9. The molecule has 0 aliphatic carbocycles. The van der Waals surface area contributed by atoms with Crippen molar-refractivity contribution in [3.63, 3.8) is 0 Å². The molecule has 2 unspecified atom stereocenters. The Labute approximate surface area is 281 Å². The van der Waals surface area contributed by atoms with Gasteiger partial charge in [0.15, 0.2) is 6.10 Å². The summed E-state index contributed by atoms with van der Waals surface area (Å²) in [5.74, 6) is -0.963. The number of unbranched alkanes of at least 4 members (excludes halogenated alkanes) is 2. The van der Waals surface area contributed by atoms with Gasteiger partial charge in [0.2, 0.25) is 5.91 Å². The molecule has 0 aromatic heterocycles. The summed E-state index contributed by atoms with van der Waals surface area (Å²) >= 11 is 0. The van der Waals surface area contributed by atoms with Gasteiger partial charge in [-0.2, -0.15) is 0 Å². The van der Waals surface area contributed by atoms with Crippen molar-refractivity contribution >= 4 is 17.9 Å². The molecule has 0 fully saturated rings. The molecule has 0 aliphatic heterocycles. The van der Waals surface area contributed by atoms with Gasteiger partial charge in [-0.3, -0.25) is 20.1 Å². The number of rotatable bonds is 22. The van der Waals surface area contributed by atoms with Gasteiger partial charge in [-0.05, 0) is 48.1 Å². The molecule has 48 heavy (non-hydrogen) atoms. The van der Waals surface area contributed by atoms with Crippen molar-refractivity contribution in [3.05, 3.63) is 102 Å². The van der Waals surface area contributed by atoms with Gasteiger partial charge in [-0.15, -0.1) is 0 Å². The molecule has 0 saturated heterocycles. The zero-order valence-corrected chi connectivity index (χ0v) is 27.3. The molecule has 0 bridgehead atoms. The SMILES string of the molecule is CCCCCNC(=O)C(Cc1ccc(OC(COO)COO)cc1)NC(=O)N(Cc1ccccc1)C(CCc1ccccc1)CC(=O)O. The second-order valence-electron chi connectivity index (χ2n) is 11.6. The molecular weight excluding hydrogens is 618 g/mol. The molecule has 0 heterocycles. The second-order valence-corrected chi connectivity index (χ2v) is 11.6. The maximum Gasteiger partial charge on any atom is 0.318 e. The van der Waals surface area contributed by atoms with E-state index in [0.717, 1.165) is 36.0 Å². The molecule has 3 aromatic rings. The van der Waals surface area contributed by atoms with E-state index in [4.69, 9.17) is 15.3 Å². The lowest BCUT2D eigenvalue weighted by atomic mass is 10.0. The summed E-state index contributed by atoms with van der Waals surface area (Å²) in [7, 11) is 0. The molecule has 0 spiro atoms. The minimum Gasteiger partial charge on any atom is -0.485 e. The van der Waals surface area contributed by atoms with Gasteiger partial charge in [0.25, 0.3) is 0 Å². The zero-order chi connectivity index (χ0) is 34.6. The van der Waals surface area contributed by atoms with Crippen molar-refractivity contribution in [2.75, 3.05) is 19.8 Å². The zero-order valence-electron chi connectivity index (χ0n) is 27.3. The Morgan fingerprint density at radius 2 is 1.44 bits per heavy atom. The van der Waals surface area contributed by atoms with E-state index in [1.54, 1.807) is 24.3 Å². The van der Waals surface area contributed by atoms with Crippen LogP contribution in [-0.2, 0) is 38.8 Å². The Morgan fingerprint density at radius 3 is 2.02 bits per heavy atom. The van der Waals surface area contributed by atoms with E-state index in [2.05, 4.69) is 27.3 Å². The first-order valence-corrected chi connectivity index (χ1v) is 16.3. The Hall–Kier alpha value is -4.49. The lowest BCUT2D eigenvalue weighted by molar-refractivity contribution is -0.286. The van der Waals surface area contributed by atoms with Crippen LogP contribution in [0.5, 0.6) is 5.75 Å². The van der Waals surface area contributed by atoms with Crippen molar-refractivity contribution in [2.24, 2.45) is 0 Å². The number of amides is 3. The number of carboxylic acid groups (broad SMARTS) is 1. The van der Waals surface area contributed by atoms with E-state index in [-0.39, 0.29) is 38.5 Å². The van der Waals surface area contributed by atoms with E-state index in [1.165, 1.54) is 4.90 Å². The van der Waals surface area contributed by atoms with Gasteiger partial charge in [0.1, 0.15) is 25.0 Å². The molecule has 3 amide bonds. The highest BCUT2D eigenvalue weighted by Crippen LogP contribution is 2.19. The summed E-state index contributed by atoms with van der Waals surface area (Å²) in [4.78, 5) is 49.4. The molecule has 0 radical (unpaired) electrons. The first-order valence-electron chi connectivity index (χ1n) is 16.3. The third-order valence-corrected chi connectivity index (χ3v) is 7.80. The lowest BCUT2D eigenvalue weighted by Gasteiger charge is -2.33. The number of urea groups is 1. The summed E-state index contributed by atoms with van der Waals surface area (Å²) in [6.45, 7) is 2.22. The number of carbonyl (C=O) groups is 3. The van der Waals surface area contributed by atoms with Crippen LogP contribution in [0.3, 0.4) is 0 Å². The van der Waals surface area contributed by atoms with Crippen molar-refractivity contribution in [1.82, 2.24) is 15.5 Å². The molecular formula is C36H47N3O9. The molecule has 3 rings (SSSR count). The highest BCUT2D eigenvalue weighted by atomic mass is 17.1. The smallest absolute Gasteiger partial charge is 0.318 e.